The number of ether oxygens (including phenoxy) is 1. The number of nitriles is 1. The van der Waals surface area contributed by atoms with Crippen LogP contribution in [0.2, 0.25) is 0 Å². The molecule has 142 valence electrons. The zero-order valence-corrected chi connectivity index (χ0v) is 15.7. The van der Waals surface area contributed by atoms with Gasteiger partial charge in [0.1, 0.15) is 6.04 Å². The van der Waals surface area contributed by atoms with E-state index in [1.165, 1.54) is 26.4 Å². The molecule has 0 aliphatic heterocycles. The third-order valence-electron chi connectivity index (χ3n) is 6.83. The Balaban J connectivity index is 1.49. The van der Waals surface area contributed by atoms with Crippen LogP contribution in [0.5, 0.6) is 0 Å². The maximum absolute atomic E-state index is 13.3. The summed E-state index contributed by atoms with van der Waals surface area (Å²) >= 11 is 0. The minimum atomic E-state index is -0.691. The maximum atomic E-state index is 13.3. The van der Waals surface area contributed by atoms with Crippen LogP contribution in [0, 0.1) is 34.5 Å². The minimum Gasteiger partial charge on any atom is -0.467 e. The van der Waals surface area contributed by atoms with Crippen molar-refractivity contribution in [1.82, 2.24) is 5.32 Å². The molecule has 1 aromatic carbocycles. The van der Waals surface area contributed by atoms with Crippen molar-refractivity contribution < 1.29 is 14.3 Å². The quantitative estimate of drug-likeness (QED) is 0.813. The van der Waals surface area contributed by atoms with Crippen molar-refractivity contribution in [2.45, 2.75) is 51.0 Å². The van der Waals surface area contributed by atoms with E-state index in [4.69, 9.17) is 10.00 Å². The molecule has 5 heteroatoms. The van der Waals surface area contributed by atoms with E-state index in [1.807, 2.05) is 12.1 Å². The number of nitrogens with one attached hydrogen (secondary N) is 1. The molecule has 0 heterocycles. The van der Waals surface area contributed by atoms with Crippen molar-refractivity contribution in [2.75, 3.05) is 7.11 Å². The number of hydrogen-bond donors (Lipinski definition) is 1. The fraction of sp³-hybridized carbons (Fsp3) is 0.591. The molecule has 1 amide bonds. The van der Waals surface area contributed by atoms with Crippen molar-refractivity contribution in [1.29, 1.82) is 5.26 Å². The van der Waals surface area contributed by atoms with Crippen molar-refractivity contribution in [2.24, 2.45) is 23.2 Å². The molecule has 0 unspecified atom stereocenters. The molecule has 4 fully saturated rings. The topological polar surface area (TPSA) is 79.2 Å². The third kappa shape index (κ3) is 3.45. The van der Waals surface area contributed by atoms with E-state index in [9.17, 15) is 9.59 Å². The fourth-order valence-electron chi connectivity index (χ4n) is 5.99. The van der Waals surface area contributed by atoms with Crippen molar-refractivity contribution >= 4 is 11.9 Å². The Hall–Kier alpha value is -2.35. The van der Waals surface area contributed by atoms with Crippen LogP contribution in [0.15, 0.2) is 24.3 Å². The van der Waals surface area contributed by atoms with Crippen LogP contribution in [0.3, 0.4) is 0 Å². The summed E-state index contributed by atoms with van der Waals surface area (Å²) in [6, 6.07) is 8.50. The van der Waals surface area contributed by atoms with Crippen LogP contribution in [0.4, 0.5) is 0 Å². The first-order valence-corrected chi connectivity index (χ1v) is 9.89. The van der Waals surface area contributed by atoms with Gasteiger partial charge in [-0.25, -0.2) is 4.79 Å². The lowest BCUT2D eigenvalue weighted by Gasteiger charge is -2.55. The monoisotopic (exact) mass is 366 g/mol. The number of carbonyl (C=O) groups is 2. The van der Waals surface area contributed by atoms with Gasteiger partial charge in [-0.3, -0.25) is 4.79 Å². The Morgan fingerprint density at radius 3 is 2.19 bits per heavy atom. The average Bonchev–Trinajstić information content (AvgIpc) is 2.66. The molecule has 4 bridgehead atoms. The highest BCUT2D eigenvalue weighted by molar-refractivity contribution is 5.88. The maximum Gasteiger partial charge on any atom is 0.328 e. The van der Waals surface area contributed by atoms with Crippen molar-refractivity contribution in [3.8, 4) is 6.07 Å². The summed E-state index contributed by atoms with van der Waals surface area (Å²) in [5, 5.41) is 11.9. The van der Waals surface area contributed by atoms with E-state index in [-0.39, 0.29) is 11.3 Å². The SMILES string of the molecule is COC(=O)[C@@H](Cc1ccc(C#N)cc1)NC(=O)C12CC3CC(CC(C3)C1)C2. The first-order valence-electron chi connectivity index (χ1n) is 9.89. The van der Waals surface area contributed by atoms with Gasteiger partial charge >= 0.3 is 5.97 Å². The molecule has 5 nitrogen and oxygen atoms in total. The van der Waals surface area contributed by atoms with Crippen LogP contribution in [0.25, 0.3) is 0 Å². The largest absolute Gasteiger partial charge is 0.467 e. The normalized spacial score (nSPS) is 31.8. The number of benzene rings is 1. The predicted molar refractivity (Wildman–Crippen MR) is 99.4 cm³/mol. The number of amides is 1. The van der Waals surface area contributed by atoms with E-state index in [2.05, 4.69) is 11.4 Å². The van der Waals surface area contributed by atoms with E-state index < -0.39 is 12.0 Å². The van der Waals surface area contributed by atoms with E-state index in [1.54, 1.807) is 12.1 Å². The van der Waals surface area contributed by atoms with Crippen LogP contribution in [-0.4, -0.2) is 25.0 Å². The Bertz CT molecular complexity index is 742. The van der Waals surface area contributed by atoms with Gasteiger partial charge in [0.25, 0.3) is 0 Å². The molecule has 4 aliphatic carbocycles. The van der Waals surface area contributed by atoms with E-state index in [0.29, 0.717) is 29.7 Å². The van der Waals surface area contributed by atoms with Gasteiger partial charge in [0.15, 0.2) is 0 Å². The Morgan fingerprint density at radius 1 is 1.15 bits per heavy atom. The molecule has 4 aliphatic rings. The molecule has 1 aromatic rings. The molecular formula is C22H26N2O3. The summed E-state index contributed by atoms with van der Waals surface area (Å²) in [5.41, 5.74) is 1.19. The fourth-order valence-corrected chi connectivity index (χ4v) is 5.99. The molecule has 1 atom stereocenters. The van der Waals surface area contributed by atoms with Gasteiger partial charge in [-0.2, -0.15) is 5.26 Å². The summed E-state index contributed by atoms with van der Waals surface area (Å²) in [7, 11) is 1.35. The molecule has 4 saturated carbocycles. The van der Waals surface area contributed by atoms with Gasteiger partial charge in [0.2, 0.25) is 5.91 Å². The van der Waals surface area contributed by atoms with E-state index in [0.717, 1.165) is 24.8 Å². The summed E-state index contributed by atoms with van der Waals surface area (Å²) in [4.78, 5) is 25.6. The number of nitrogens with zero attached hydrogens (tertiary/aromatic N) is 1. The lowest BCUT2D eigenvalue weighted by molar-refractivity contribution is -0.152. The van der Waals surface area contributed by atoms with Crippen LogP contribution in [-0.2, 0) is 20.7 Å². The average molecular weight is 366 g/mol. The third-order valence-corrected chi connectivity index (χ3v) is 6.83. The Labute approximate surface area is 160 Å². The van der Waals surface area contributed by atoms with Crippen molar-refractivity contribution in [3.05, 3.63) is 35.4 Å². The Kier molecular flexibility index (Phi) is 4.67. The number of hydrogen-bond acceptors (Lipinski definition) is 4. The van der Waals surface area contributed by atoms with Gasteiger partial charge in [-0.1, -0.05) is 12.1 Å². The molecule has 0 saturated heterocycles. The summed E-state index contributed by atoms with van der Waals surface area (Å²) in [5.74, 6) is 1.65. The highest BCUT2D eigenvalue weighted by Crippen LogP contribution is 2.60. The molecule has 1 N–H and O–H groups in total. The van der Waals surface area contributed by atoms with Crippen LogP contribution >= 0.6 is 0 Å². The lowest BCUT2D eigenvalue weighted by Crippen LogP contribution is -2.56. The molecule has 5 rings (SSSR count). The van der Waals surface area contributed by atoms with E-state index >= 15 is 0 Å². The predicted octanol–water partition coefficient (Wildman–Crippen LogP) is 2.97. The second-order valence-corrected chi connectivity index (χ2v) is 8.76. The number of rotatable bonds is 5. The van der Waals surface area contributed by atoms with Crippen LogP contribution < -0.4 is 5.32 Å². The highest BCUT2D eigenvalue weighted by Gasteiger charge is 2.55. The summed E-state index contributed by atoms with van der Waals surface area (Å²) in [6.45, 7) is 0. The van der Waals surface area contributed by atoms with Gasteiger partial charge in [0.05, 0.1) is 18.7 Å². The zero-order chi connectivity index (χ0) is 19.0. The molecule has 27 heavy (non-hydrogen) atoms. The first-order chi connectivity index (χ1) is 13.0. The standard InChI is InChI=1S/C22H26N2O3/c1-27-20(25)19(9-14-2-4-15(13-23)5-3-14)24-21(26)22-10-16-6-17(11-22)8-18(7-16)12-22/h2-5,16-19H,6-12H2,1H3,(H,24,26)/t16?,17?,18?,19-,22?/m1/s1. The second kappa shape index (κ2) is 6.99. The molecule has 0 aromatic heterocycles. The zero-order valence-electron chi connectivity index (χ0n) is 15.7. The number of esters is 1. The molecule has 0 spiro atoms. The van der Waals surface area contributed by atoms with Gasteiger partial charge < -0.3 is 10.1 Å². The van der Waals surface area contributed by atoms with Crippen molar-refractivity contribution in [3.63, 3.8) is 0 Å². The highest BCUT2D eigenvalue weighted by atomic mass is 16.5. The smallest absolute Gasteiger partial charge is 0.328 e. The Morgan fingerprint density at radius 2 is 1.70 bits per heavy atom. The van der Waals surface area contributed by atoms with Gasteiger partial charge in [0, 0.05) is 11.8 Å². The summed E-state index contributed by atoms with van der Waals surface area (Å²) < 4.78 is 4.94. The number of carbonyl (C=O) groups excluding carboxylic acids is 2. The number of methoxy groups -OCH3 is 1. The molecular weight excluding hydrogens is 340 g/mol. The van der Waals surface area contributed by atoms with Gasteiger partial charge in [-0.15, -0.1) is 0 Å². The summed E-state index contributed by atoms with van der Waals surface area (Å²) in [6.07, 6.45) is 7.10. The first kappa shape index (κ1) is 18.0. The van der Waals surface area contributed by atoms with Crippen LogP contribution in [0.1, 0.15) is 49.7 Å². The molecule has 0 radical (unpaired) electrons. The second-order valence-electron chi connectivity index (χ2n) is 8.76. The minimum absolute atomic E-state index is 0.0330. The van der Waals surface area contributed by atoms with Gasteiger partial charge in [-0.05, 0) is 74.0 Å². The lowest BCUT2D eigenvalue weighted by atomic mass is 9.49.